The summed E-state index contributed by atoms with van der Waals surface area (Å²) in [6.45, 7) is -0.0223. The number of hydrogen-bond donors (Lipinski definition) is 1. The van der Waals surface area contributed by atoms with Crippen LogP contribution in [-0.4, -0.2) is 14.9 Å². The van der Waals surface area contributed by atoms with Gasteiger partial charge < -0.3 is 5.11 Å². The third-order valence-electron chi connectivity index (χ3n) is 2.65. The van der Waals surface area contributed by atoms with Gasteiger partial charge in [0.25, 0.3) is 0 Å². The van der Waals surface area contributed by atoms with Gasteiger partial charge in [-0.15, -0.1) is 0 Å². The van der Waals surface area contributed by atoms with Gasteiger partial charge in [-0.2, -0.15) is 5.10 Å². The quantitative estimate of drug-likeness (QED) is 0.795. The first kappa shape index (κ1) is 9.03. The van der Waals surface area contributed by atoms with Crippen molar-refractivity contribution in [3.63, 3.8) is 0 Å². The lowest BCUT2D eigenvalue weighted by Gasteiger charge is -2.10. The standard InChI is InChI=1S/C9H13ClN2O/c10-9-7(6-13)5-11-12(9)8-3-1-2-4-8/h5,8,13H,1-4,6H2. The maximum absolute atomic E-state index is 8.94. The fourth-order valence-corrected chi connectivity index (χ4v) is 2.18. The highest BCUT2D eigenvalue weighted by atomic mass is 35.5. The van der Waals surface area contributed by atoms with Gasteiger partial charge in [0.1, 0.15) is 5.15 Å². The van der Waals surface area contributed by atoms with Gasteiger partial charge in [-0.25, -0.2) is 0 Å². The van der Waals surface area contributed by atoms with E-state index in [1.165, 1.54) is 12.8 Å². The second-order valence-electron chi connectivity index (χ2n) is 3.50. The summed E-state index contributed by atoms with van der Waals surface area (Å²) in [5.41, 5.74) is 0.730. The molecule has 1 N–H and O–H groups in total. The minimum Gasteiger partial charge on any atom is -0.392 e. The predicted molar refractivity (Wildman–Crippen MR) is 50.7 cm³/mol. The zero-order chi connectivity index (χ0) is 9.26. The monoisotopic (exact) mass is 200 g/mol. The van der Waals surface area contributed by atoms with Gasteiger partial charge in [-0.05, 0) is 12.8 Å². The number of nitrogens with zero attached hydrogens (tertiary/aromatic N) is 2. The number of aromatic nitrogens is 2. The summed E-state index contributed by atoms with van der Waals surface area (Å²) >= 11 is 6.04. The van der Waals surface area contributed by atoms with Crippen molar-refractivity contribution in [3.8, 4) is 0 Å². The van der Waals surface area contributed by atoms with Gasteiger partial charge in [0.2, 0.25) is 0 Å². The van der Waals surface area contributed by atoms with Crippen LogP contribution in [0.15, 0.2) is 6.20 Å². The summed E-state index contributed by atoms with van der Waals surface area (Å²) in [5, 5.41) is 13.7. The van der Waals surface area contributed by atoms with Gasteiger partial charge >= 0.3 is 0 Å². The second kappa shape index (κ2) is 3.68. The molecule has 4 heteroatoms. The summed E-state index contributed by atoms with van der Waals surface area (Å²) in [5.74, 6) is 0. The molecule has 0 spiro atoms. The molecule has 72 valence electrons. The Morgan fingerprint density at radius 1 is 1.54 bits per heavy atom. The lowest BCUT2D eigenvalue weighted by Crippen LogP contribution is -2.06. The van der Waals surface area contributed by atoms with Crippen molar-refractivity contribution < 1.29 is 5.11 Å². The van der Waals surface area contributed by atoms with Gasteiger partial charge in [-0.1, -0.05) is 24.4 Å². The number of hydrogen-bond acceptors (Lipinski definition) is 2. The summed E-state index contributed by atoms with van der Waals surface area (Å²) in [4.78, 5) is 0. The summed E-state index contributed by atoms with van der Waals surface area (Å²) in [6, 6.07) is 0.452. The molecule has 1 heterocycles. The van der Waals surface area contributed by atoms with Crippen molar-refractivity contribution >= 4 is 11.6 Å². The normalized spacial score (nSPS) is 18.3. The van der Waals surface area contributed by atoms with E-state index in [0.29, 0.717) is 11.2 Å². The van der Waals surface area contributed by atoms with E-state index in [9.17, 15) is 0 Å². The number of rotatable bonds is 2. The molecule has 0 amide bonds. The Kier molecular flexibility index (Phi) is 2.56. The van der Waals surface area contributed by atoms with Crippen molar-refractivity contribution in [2.24, 2.45) is 0 Å². The van der Waals surface area contributed by atoms with Crippen molar-refractivity contribution in [2.45, 2.75) is 38.3 Å². The van der Waals surface area contributed by atoms with Crippen LogP contribution in [0.25, 0.3) is 0 Å². The molecule has 0 saturated heterocycles. The summed E-state index contributed by atoms with van der Waals surface area (Å²) in [7, 11) is 0. The second-order valence-corrected chi connectivity index (χ2v) is 3.86. The Bertz CT molecular complexity index is 292. The van der Waals surface area contributed by atoms with Crippen LogP contribution in [0, 0.1) is 0 Å². The first-order valence-electron chi connectivity index (χ1n) is 4.65. The summed E-state index contributed by atoms with van der Waals surface area (Å²) < 4.78 is 1.85. The highest BCUT2D eigenvalue weighted by Gasteiger charge is 2.20. The maximum Gasteiger partial charge on any atom is 0.132 e. The molecule has 3 nitrogen and oxygen atoms in total. The Labute approximate surface area is 82.3 Å². The topological polar surface area (TPSA) is 38.1 Å². The van der Waals surface area contributed by atoms with E-state index in [2.05, 4.69) is 5.10 Å². The molecular weight excluding hydrogens is 188 g/mol. The lowest BCUT2D eigenvalue weighted by molar-refractivity contribution is 0.281. The van der Waals surface area contributed by atoms with Crippen molar-refractivity contribution in [2.75, 3.05) is 0 Å². The van der Waals surface area contributed by atoms with Crippen LogP contribution < -0.4 is 0 Å². The van der Waals surface area contributed by atoms with E-state index >= 15 is 0 Å². The van der Waals surface area contributed by atoms with E-state index in [0.717, 1.165) is 18.4 Å². The maximum atomic E-state index is 8.94. The average molecular weight is 201 g/mol. The van der Waals surface area contributed by atoms with Gasteiger partial charge in [0, 0.05) is 5.56 Å². The third-order valence-corrected chi connectivity index (χ3v) is 3.06. The minimum absolute atomic E-state index is 0.0223. The fraction of sp³-hybridized carbons (Fsp3) is 0.667. The highest BCUT2D eigenvalue weighted by molar-refractivity contribution is 6.30. The number of halogens is 1. The van der Waals surface area contributed by atoms with Gasteiger partial charge in [0.05, 0.1) is 18.8 Å². The summed E-state index contributed by atoms with van der Waals surface area (Å²) in [6.07, 6.45) is 6.49. The molecule has 0 radical (unpaired) electrons. The van der Waals surface area contributed by atoms with E-state index in [4.69, 9.17) is 16.7 Å². The fourth-order valence-electron chi connectivity index (χ4n) is 1.89. The number of aliphatic hydroxyl groups is 1. The van der Waals surface area contributed by atoms with Crippen LogP contribution in [0.4, 0.5) is 0 Å². The zero-order valence-electron chi connectivity index (χ0n) is 7.41. The molecule has 0 aliphatic heterocycles. The molecule has 1 saturated carbocycles. The molecule has 2 rings (SSSR count). The van der Waals surface area contributed by atoms with E-state index in [-0.39, 0.29) is 6.61 Å². The molecule has 1 fully saturated rings. The first-order chi connectivity index (χ1) is 6.33. The van der Waals surface area contributed by atoms with Crippen molar-refractivity contribution in [3.05, 3.63) is 16.9 Å². The molecule has 0 atom stereocenters. The van der Waals surface area contributed by atoms with E-state index < -0.39 is 0 Å². The van der Waals surface area contributed by atoms with Crippen LogP contribution in [-0.2, 0) is 6.61 Å². The van der Waals surface area contributed by atoms with Crippen LogP contribution in [0.5, 0.6) is 0 Å². The van der Waals surface area contributed by atoms with Crippen molar-refractivity contribution in [1.29, 1.82) is 0 Å². The molecule has 0 aromatic carbocycles. The smallest absolute Gasteiger partial charge is 0.132 e. The van der Waals surface area contributed by atoms with Crippen LogP contribution >= 0.6 is 11.6 Å². The molecule has 0 bridgehead atoms. The molecule has 1 aliphatic rings. The molecule has 1 aromatic rings. The zero-order valence-corrected chi connectivity index (χ0v) is 8.17. The third kappa shape index (κ3) is 1.58. The molecule has 0 unspecified atom stereocenters. The largest absolute Gasteiger partial charge is 0.392 e. The Hall–Kier alpha value is -0.540. The van der Waals surface area contributed by atoms with Gasteiger partial charge in [-0.3, -0.25) is 4.68 Å². The molecule has 13 heavy (non-hydrogen) atoms. The first-order valence-corrected chi connectivity index (χ1v) is 5.03. The van der Waals surface area contributed by atoms with Crippen molar-refractivity contribution in [1.82, 2.24) is 9.78 Å². The minimum atomic E-state index is -0.0223. The Balaban J connectivity index is 2.24. The van der Waals surface area contributed by atoms with E-state index in [1.807, 2.05) is 4.68 Å². The molecule has 1 aromatic heterocycles. The van der Waals surface area contributed by atoms with Crippen LogP contribution in [0.2, 0.25) is 5.15 Å². The Morgan fingerprint density at radius 2 is 2.23 bits per heavy atom. The Morgan fingerprint density at radius 3 is 2.77 bits per heavy atom. The predicted octanol–water partition coefficient (Wildman–Crippen LogP) is 2.14. The SMILES string of the molecule is OCc1cnn(C2CCCC2)c1Cl. The van der Waals surface area contributed by atoms with E-state index in [1.54, 1.807) is 6.20 Å². The van der Waals surface area contributed by atoms with Crippen LogP contribution in [0.1, 0.15) is 37.3 Å². The van der Waals surface area contributed by atoms with Gasteiger partial charge in [0.15, 0.2) is 0 Å². The van der Waals surface area contributed by atoms with Crippen LogP contribution in [0.3, 0.4) is 0 Å². The molecule has 1 aliphatic carbocycles. The average Bonchev–Trinajstić information content (AvgIpc) is 2.72. The highest BCUT2D eigenvalue weighted by Crippen LogP contribution is 2.32. The number of aliphatic hydroxyl groups excluding tert-OH is 1. The lowest BCUT2D eigenvalue weighted by atomic mass is 10.2. The molecular formula is C9H13ClN2O.